The van der Waals surface area contributed by atoms with Crippen LogP contribution in [0.15, 0.2) is 39.5 Å². The predicted octanol–water partition coefficient (Wildman–Crippen LogP) is 3.52. The lowest BCUT2D eigenvalue weighted by Gasteiger charge is -1.95. The highest BCUT2D eigenvalue weighted by molar-refractivity contribution is 5.76. The summed E-state index contributed by atoms with van der Waals surface area (Å²) in [6, 6.07) is 9.31. The van der Waals surface area contributed by atoms with Crippen LogP contribution in [0.5, 0.6) is 0 Å². The predicted molar refractivity (Wildman–Crippen MR) is 63.2 cm³/mol. The molecular weight excluding hydrogens is 188 g/mol. The van der Waals surface area contributed by atoms with E-state index < -0.39 is 0 Å². The molecule has 1 aromatic carbocycles. The largest absolute Gasteiger partial charge is 0.423 e. The Morgan fingerprint density at radius 3 is 2.47 bits per heavy atom. The van der Waals surface area contributed by atoms with Crippen molar-refractivity contribution in [2.75, 3.05) is 0 Å². The Bertz CT molecular complexity index is 483. The summed E-state index contributed by atoms with van der Waals surface area (Å²) in [6.07, 6.45) is 1.25. The number of benzene rings is 1. The molecule has 2 rings (SSSR count). The van der Waals surface area contributed by atoms with Gasteiger partial charge in [0.2, 0.25) is 0 Å². The molecule has 1 aromatic heterocycles. The third kappa shape index (κ3) is 2.94. The third-order valence-corrected chi connectivity index (χ3v) is 1.82. The second kappa shape index (κ2) is 5.35. The topological polar surface area (TPSA) is 30.2 Å². The zero-order valence-corrected chi connectivity index (χ0v) is 9.41. The summed E-state index contributed by atoms with van der Waals surface area (Å²) < 4.78 is 5.04. The zero-order valence-electron chi connectivity index (χ0n) is 9.41. The number of rotatable bonds is 0. The molecule has 0 aliphatic heterocycles. The van der Waals surface area contributed by atoms with Crippen molar-refractivity contribution >= 4 is 11.0 Å². The molecule has 2 aromatic rings. The van der Waals surface area contributed by atoms with Crippen LogP contribution in [0.4, 0.5) is 0 Å². The molecule has 0 aliphatic rings. The molecule has 0 saturated heterocycles. The maximum Gasteiger partial charge on any atom is 0.339 e. The van der Waals surface area contributed by atoms with Crippen molar-refractivity contribution in [2.45, 2.75) is 27.2 Å². The zero-order chi connectivity index (χ0) is 11.3. The summed E-state index contributed by atoms with van der Waals surface area (Å²) in [6.45, 7) is 6.00. The second-order valence-electron chi connectivity index (χ2n) is 3.46. The van der Waals surface area contributed by atoms with Gasteiger partial charge in [0, 0.05) is 10.9 Å². The molecule has 0 spiro atoms. The standard InChI is InChI=1S/C10H8O2.C3H8/c1-7-6-8-4-2-3-5-9(8)12-10(7)11;1-3-2/h2-6H,1H3;3H2,1-2H3. The van der Waals surface area contributed by atoms with Gasteiger partial charge in [0.1, 0.15) is 5.58 Å². The first-order chi connectivity index (χ1) is 7.19. The van der Waals surface area contributed by atoms with Crippen LogP contribution >= 0.6 is 0 Å². The van der Waals surface area contributed by atoms with Gasteiger partial charge in [-0.05, 0) is 19.1 Å². The highest BCUT2D eigenvalue weighted by Gasteiger charge is 1.98. The fourth-order valence-electron chi connectivity index (χ4n) is 1.17. The van der Waals surface area contributed by atoms with Gasteiger partial charge in [-0.2, -0.15) is 0 Å². The molecule has 0 amide bonds. The van der Waals surface area contributed by atoms with Crippen LogP contribution in [0, 0.1) is 6.92 Å². The first-order valence-electron chi connectivity index (χ1n) is 5.18. The molecule has 0 aliphatic carbocycles. The van der Waals surface area contributed by atoms with Gasteiger partial charge in [0.05, 0.1) is 0 Å². The number of hydrogen-bond acceptors (Lipinski definition) is 2. The SMILES string of the molecule is CCC.Cc1cc2ccccc2oc1=O. The Balaban J connectivity index is 0.000000337. The molecular formula is C13H16O2. The van der Waals surface area contributed by atoms with Crippen LogP contribution in [-0.2, 0) is 0 Å². The molecule has 2 nitrogen and oxygen atoms in total. The van der Waals surface area contributed by atoms with Crippen molar-refractivity contribution < 1.29 is 4.42 Å². The summed E-state index contributed by atoms with van der Waals surface area (Å²) in [5.74, 6) is 0. The normalized spacial score (nSPS) is 9.53. The van der Waals surface area contributed by atoms with Gasteiger partial charge in [-0.25, -0.2) is 4.79 Å². The average molecular weight is 204 g/mol. The monoisotopic (exact) mass is 204 g/mol. The van der Waals surface area contributed by atoms with E-state index in [9.17, 15) is 4.79 Å². The summed E-state index contributed by atoms with van der Waals surface area (Å²) >= 11 is 0. The average Bonchev–Trinajstić information content (AvgIpc) is 2.21. The van der Waals surface area contributed by atoms with Gasteiger partial charge in [-0.1, -0.05) is 38.5 Å². The molecule has 0 fully saturated rings. The Morgan fingerprint density at radius 2 is 1.80 bits per heavy atom. The van der Waals surface area contributed by atoms with Crippen molar-refractivity contribution in [1.82, 2.24) is 0 Å². The molecule has 1 heterocycles. The molecule has 0 unspecified atom stereocenters. The minimum Gasteiger partial charge on any atom is -0.423 e. The van der Waals surface area contributed by atoms with E-state index in [4.69, 9.17) is 4.42 Å². The lowest BCUT2D eigenvalue weighted by atomic mass is 10.2. The van der Waals surface area contributed by atoms with Crippen molar-refractivity contribution in [2.24, 2.45) is 0 Å². The molecule has 0 saturated carbocycles. The quantitative estimate of drug-likeness (QED) is 0.614. The lowest BCUT2D eigenvalue weighted by molar-refractivity contribution is 0.555. The number of para-hydroxylation sites is 1. The van der Waals surface area contributed by atoms with Crippen LogP contribution < -0.4 is 5.63 Å². The summed E-state index contributed by atoms with van der Waals surface area (Å²) in [7, 11) is 0. The molecule has 80 valence electrons. The summed E-state index contributed by atoms with van der Waals surface area (Å²) in [5.41, 5.74) is 1.04. The smallest absolute Gasteiger partial charge is 0.339 e. The van der Waals surface area contributed by atoms with Crippen molar-refractivity contribution in [1.29, 1.82) is 0 Å². The molecule has 0 atom stereocenters. The van der Waals surface area contributed by atoms with Crippen LogP contribution in [0.2, 0.25) is 0 Å². The van der Waals surface area contributed by atoms with Crippen molar-refractivity contribution in [3.05, 3.63) is 46.3 Å². The highest BCUT2D eigenvalue weighted by atomic mass is 16.4. The van der Waals surface area contributed by atoms with Crippen LogP contribution in [0.3, 0.4) is 0 Å². The molecule has 0 N–H and O–H groups in total. The summed E-state index contributed by atoms with van der Waals surface area (Å²) in [4.78, 5) is 11.1. The highest BCUT2D eigenvalue weighted by Crippen LogP contribution is 2.11. The molecule has 2 heteroatoms. The van der Waals surface area contributed by atoms with E-state index in [0.29, 0.717) is 11.1 Å². The minimum atomic E-state index is -0.256. The maximum absolute atomic E-state index is 11.1. The fourth-order valence-corrected chi connectivity index (χ4v) is 1.17. The van der Waals surface area contributed by atoms with E-state index in [2.05, 4.69) is 13.8 Å². The number of hydrogen-bond donors (Lipinski definition) is 0. The van der Waals surface area contributed by atoms with Crippen molar-refractivity contribution in [3.8, 4) is 0 Å². The Morgan fingerprint density at radius 1 is 1.20 bits per heavy atom. The van der Waals surface area contributed by atoms with Crippen LogP contribution in [-0.4, -0.2) is 0 Å². The minimum absolute atomic E-state index is 0.256. The van der Waals surface area contributed by atoms with Gasteiger partial charge < -0.3 is 4.42 Å². The maximum atomic E-state index is 11.1. The Hall–Kier alpha value is -1.57. The first kappa shape index (κ1) is 11.5. The fraction of sp³-hybridized carbons (Fsp3) is 0.308. The van der Waals surface area contributed by atoms with Crippen LogP contribution in [0.25, 0.3) is 11.0 Å². The lowest BCUT2D eigenvalue weighted by Crippen LogP contribution is -2.01. The van der Waals surface area contributed by atoms with Gasteiger partial charge in [0.15, 0.2) is 0 Å². The Kier molecular flexibility index (Phi) is 4.10. The van der Waals surface area contributed by atoms with E-state index in [1.807, 2.05) is 24.3 Å². The van der Waals surface area contributed by atoms with Crippen molar-refractivity contribution in [3.63, 3.8) is 0 Å². The van der Waals surface area contributed by atoms with Gasteiger partial charge in [-0.15, -0.1) is 0 Å². The van der Waals surface area contributed by atoms with Gasteiger partial charge in [-0.3, -0.25) is 0 Å². The van der Waals surface area contributed by atoms with Gasteiger partial charge in [0.25, 0.3) is 0 Å². The van der Waals surface area contributed by atoms with E-state index in [1.54, 1.807) is 13.0 Å². The van der Waals surface area contributed by atoms with Gasteiger partial charge >= 0.3 is 5.63 Å². The van der Waals surface area contributed by atoms with E-state index in [0.717, 1.165) is 5.39 Å². The number of fused-ring (bicyclic) bond motifs is 1. The number of aryl methyl sites for hydroxylation is 1. The van der Waals surface area contributed by atoms with Crippen LogP contribution in [0.1, 0.15) is 25.8 Å². The molecule has 15 heavy (non-hydrogen) atoms. The Labute approximate surface area is 89.5 Å². The molecule has 0 bridgehead atoms. The third-order valence-electron chi connectivity index (χ3n) is 1.82. The van der Waals surface area contributed by atoms with E-state index in [1.165, 1.54) is 6.42 Å². The first-order valence-corrected chi connectivity index (χ1v) is 5.18. The summed E-state index contributed by atoms with van der Waals surface area (Å²) in [5, 5.41) is 0.967. The second-order valence-corrected chi connectivity index (χ2v) is 3.46. The molecule has 0 radical (unpaired) electrons. The van der Waals surface area contributed by atoms with E-state index >= 15 is 0 Å². The van der Waals surface area contributed by atoms with E-state index in [-0.39, 0.29) is 5.63 Å².